The van der Waals surface area contributed by atoms with E-state index in [1.165, 1.54) is 0 Å². The molecule has 2 aromatic carbocycles. The van der Waals surface area contributed by atoms with Crippen LogP contribution in [0, 0.1) is 0 Å². The molecule has 96 valence electrons. The molecule has 0 amide bonds. The van der Waals surface area contributed by atoms with Crippen LogP contribution in [0.2, 0.25) is 0 Å². The van der Waals surface area contributed by atoms with Gasteiger partial charge < -0.3 is 14.3 Å². The molecule has 0 aliphatic heterocycles. The Hall–Kier alpha value is -2.33. The van der Waals surface area contributed by atoms with Gasteiger partial charge in [-0.05, 0) is 35.9 Å². The number of fused-ring (bicyclic) bond motifs is 1. The predicted octanol–water partition coefficient (Wildman–Crippen LogP) is 3.00. The number of aromatic nitrogens is 1. The van der Waals surface area contributed by atoms with Crippen LogP contribution < -0.4 is 4.74 Å². The average Bonchev–Trinajstić information content (AvgIpc) is 2.90. The van der Waals surface area contributed by atoms with Gasteiger partial charge in [0.1, 0.15) is 11.3 Å². The van der Waals surface area contributed by atoms with Gasteiger partial charge in [-0.15, -0.1) is 0 Å². The summed E-state index contributed by atoms with van der Waals surface area (Å²) in [5.41, 5.74) is 3.12. The average molecular weight is 255 g/mol. The number of methoxy groups -OCH3 is 1. The predicted molar refractivity (Wildman–Crippen MR) is 71.9 cm³/mol. The smallest absolute Gasteiger partial charge is 0.227 e. The zero-order valence-electron chi connectivity index (χ0n) is 10.5. The van der Waals surface area contributed by atoms with Crippen LogP contribution in [-0.2, 0) is 6.61 Å². The summed E-state index contributed by atoms with van der Waals surface area (Å²) >= 11 is 0. The number of benzene rings is 2. The van der Waals surface area contributed by atoms with E-state index in [1.54, 1.807) is 7.11 Å². The lowest BCUT2D eigenvalue weighted by Crippen LogP contribution is -1.83. The van der Waals surface area contributed by atoms with Gasteiger partial charge in [0.25, 0.3) is 0 Å². The third-order valence-electron chi connectivity index (χ3n) is 2.95. The van der Waals surface area contributed by atoms with Crippen molar-refractivity contribution in [3.05, 3.63) is 48.0 Å². The van der Waals surface area contributed by atoms with Gasteiger partial charge in [0.15, 0.2) is 5.58 Å². The molecule has 0 aliphatic rings. The summed E-state index contributed by atoms with van der Waals surface area (Å²) in [7, 11) is 1.62. The summed E-state index contributed by atoms with van der Waals surface area (Å²) in [4.78, 5) is 4.43. The van der Waals surface area contributed by atoms with Crippen LogP contribution in [0.15, 0.2) is 46.9 Å². The molecular weight excluding hydrogens is 242 g/mol. The Labute approximate surface area is 110 Å². The lowest BCUT2D eigenvalue weighted by Gasteiger charge is -2.00. The van der Waals surface area contributed by atoms with E-state index >= 15 is 0 Å². The summed E-state index contributed by atoms with van der Waals surface area (Å²) < 4.78 is 10.9. The second-order valence-electron chi connectivity index (χ2n) is 4.21. The Morgan fingerprint density at radius 2 is 2.11 bits per heavy atom. The van der Waals surface area contributed by atoms with E-state index in [9.17, 15) is 0 Å². The number of aliphatic hydroxyl groups is 1. The monoisotopic (exact) mass is 255 g/mol. The minimum atomic E-state index is -0.00269. The lowest BCUT2D eigenvalue weighted by molar-refractivity contribution is 0.282. The maximum absolute atomic E-state index is 9.11. The van der Waals surface area contributed by atoms with Crippen LogP contribution in [0.5, 0.6) is 5.75 Å². The van der Waals surface area contributed by atoms with Gasteiger partial charge in [0.2, 0.25) is 5.89 Å². The van der Waals surface area contributed by atoms with Crippen molar-refractivity contribution in [1.29, 1.82) is 0 Å². The molecule has 1 aromatic heterocycles. The van der Waals surface area contributed by atoms with E-state index in [4.69, 9.17) is 14.3 Å². The molecule has 0 unspecified atom stereocenters. The van der Waals surface area contributed by atoms with Crippen LogP contribution in [0.4, 0.5) is 0 Å². The number of hydrogen-bond donors (Lipinski definition) is 1. The molecule has 1 heterocycles. The molecule has 1 N–H and O–H groups in total. The Balaban J connectivity index is 2.09. The SMILES string of the molecule is COc1cccc(-c2nc3cc(CO)ccc3o2)c1. The van der Waals surface area contributed by atoms with Crippen molar-refractivity contribution >= 4 is 11.1 Å². The lowest BCUT2D eigenvalue weighted by atomic mass is 10.2. The molecule has 0 saturated carbocycles. The van der Waals surface area contributed by atoms with E-state index in [1.807, 2.05) is 42.5 Å². The largest absolute Gasteiger partial charge is 0.497 e. The van der Waals surface area contributed by atoms with Crippen LogP contribution in [0.1, 0.15) is 5.56 Å². The summed E-state index contributed by atoms with van der Waals surface area (Å²) in [5.74, 6) is 1.31. The van der Waals surface area contributed by atoms with Crippen LogP contribution >= 0.6 is 0 Å². The number of ether oxygens (including phenoxy) is 1. The first-order valence-corrected chi connectivity index (χ1v) is 5.95. The van der Waals surface area contributed by atoms with Gasteiger partial charge in [0, 0.05) is 5.56 Å². The highest BCUT2D eigenvalue weighted by Gasteiger charge is 2.09. The Bertz CT molecular complexity index is 718. The molecule has 0 radical (unpaired) electrons. The Morgan fingerprint density at radius 3 is 2.89 bits per heavy atom. The van der Waals surface area contributed by atoms with Gasteiger partial charge >= 0.3 is 0 Å². The standard InChI is InChI=1S/C15H13NO3/c1-18-12-4-2-3-11(8-12)15-16-13-7-10(9-17)5-6-14(13)19-15/h2-8,17H,9H2,1H3. The van der Waals surface area contributed by atoms with Crippen molar-refractivity contribution < 1.29 is 14.3 Å². The van der Waals surface area contributed by atoms with E-state index < -0.39 is 0 Å². The summed E-state index contributed by atoms with van der Waals surface area (Å²) in [6.07, 6.45) is 0. The van der Waals surface area contributed by atoms with Crippen molar-refractivity contribution in [1.82, 2.24) is 4.98 Å². The molecule has 0 atom stereocenters. The minimum Gasteiger partial charge on any atom is -0.497 e. The first-order chi connectivity index (χ1) is 9.30. The van der Waals surface area contributed by atoms with Crippen molar-refractivity contribution in [3.8, 4) is 17.2 Å². The van der Waals surface area contributed by atoms with E-state index in [2.05, 4.69) is 4.98 Å². The number of oxazole rings is 1. The van der Waals surface area contributed by atoms with Crippen molar-refractivity contribution in [3.63, 3.8) is 0 Å². The molecule has 3 rings (SSSR count). The molecule has 0 bridgehead atoms. The summed E-state index contributed by atoms with van der Waals surface area (Å²) in [6, 6.07) is 13.0. The van der Waals surface area contributed by atoms with Crippen LogP contribution in [0.3, 0.4) is 0 Å². The molecule has 0 saturated heterocycles. The molecule has 0 aliphatic carbocycles. The van der Waals surface area contributed by atoms with Gasteiger partial charge in [-0.25, -0.2) is 4.98 Å². The third-order valence-corrected chi connectivity index (χ3v) is 2.95. The highest BCUT2D eigenvalue weighted by atomic mass is 16.5. The van der Waals surface area contributed by atoms with Gasteiger partial charge in [-0.2, -0.15) is 0 Å². The van der Waals surface area contributed by atoms with Crippen molar-refractivity contribution in [2.24, 2.45) is 0 Å². The Morgan fingerprint density at radius 1 is 1.21 bits per heavy atom. The second-order valence-corrected chi connectivity index (χ2v) is 4.21. The quantitative estimate of drug-likeness (QED) is 0.781. The van der Waals surface area contributed by atoms with Gasteiger partial charge in [-0.1, -0.05) is 12.1 Å². The zero-order valence-corrected chi connectivity index (χ0v) is 10.5. The Kier molecular flexibility index (Phi) is 2.93. The fourth-order valence-corrected chi connectivity index (χ4v) is 1.95. The molecule has 4 nitrogen and oxygen atoms in total. The fourth-order valence-electron chi connectivity index (χ4n) is 1.95. The second kappa shape index (κ2) is 4.74. The topological polar surface area (TPSA) is 55.5 Å². The highest BCUT2D eigenvalue weighted by Crippen LogP contribution is 2.27. The zero-order chi connectivity index (χ0) is 13.2. The van der Waals surface area contributed by atoms with Crippen molar-refractivity contribution in [2.45, 2.75) is 6.61 Å². The van der Waals surface area contributed by atoms with Gasteiger partial charge in [-0.3, -0.25) is 0 Å². The van der Waals surface area contributed by atoms with Crippen LogP contribution in [-0.4, -0.2) is 17.2 Å². The first-order valence-electron chi connectivity index (χ1n) is 5.95. The maximum Gasteiger partial charge on any atom is 0.227 e. The van der Waals surface area contributed by atoms with Crippen molar-refractivity contribution in [2.75, 3.05) is 7.11 Å². The number of aliphatic hydroxyl groups excluding tert-OH is 1. The number of rotatable bonds is 3. The molecule has 0 fully saturated rings. The maximum atomic E-state index is 9.11. The summed E-state index contributed by atoms with van der Waals surface area (Å²) in [5, 5.41) is 9.11. The molecule has 3 aromatic rings. The minimum absolute atomic E-state index is 0.00269. The molecule has 4 heteroatoms. The highest BCUT2D eigenvalue weighted by molar-refractivity contribution is 5.77. The molecule has 0 spiro atoms. The van der Waals surface area contributed by atoms with E-state index in [0.29, 0.717) is 11.5 Å². The third kappa shape index (κ3) is 2.18. The number of hydrogen-bond acceptors (Lipinski definition) is 4. The molecule has 19 heavy (non-hydrogen) atoms. The molecular formula is C15H13NO3. The van der Waals surface area contributed by atoms with E-state index in [0.717, 1.165) is 22.4 Å². The fraction of sp³-hybridized carbons (Fsp3) is 0.133. The van der Waals surface area contributed by atoms with E-state index in [-0.39, 0.29) is 6.61 Å². The number of nitrogens with zero attached hydrogens (tertiary/aromatic N) is 1. The van der Waals surface area contributed by atoms with Gasteiger partial charge in [0.05, 0.1) is 13.7 Å². The first kappa shape index (κ1) is 11.7. The summed E-state index contributed by atoms with van der Waals surface area (Å²) in [6.45, 7) is -0.00269. The van der Waals surface area contributed by atoms with Crippen LogP contribution in [0.25, 0.3) is 22.6 Å². The normalized spacial score (nSPS) is 10.8.